The van der Waals surface area contributed by atoms with Crippen LogP contribution < -0.4 is 5.32 Å². The lowest BCUT2D eigenvalue weighted by molar-refractivity contribution is -0.385. The highest BCUT2D eigenvalue weighted by atomic mass is 32.1. The molecule has 0 radical (unpaired) electrons. The Balaban J connectivity index is 2.31. The van der Waals surface area contributed by atoms with E-state index in [0.717, 1.165) is 6.07 Å². The van der Waals surface area contributed by atoms with Crippen LogP contribution >= 0.6 is 11.3 Å². The van der Waals surface area contributed by atoms with Gasteiger partial charge >= 0.3 is 6.18 Å². The monoisotopic (exact) mass is 345 g/mol. The summed E-state index contributed by atoms with van der Waals surface area (Å²) >= 11 is 1.28. The molecule has 0 saturated carbocycles. The molecule has 1 N–H and O–H groups in total. The van der Waals surface area contributed by atoms with Gasteiger partial charge in [0.15, 0.2) is 0 Å². The molecule has 0 spiro atoms. The van der Waals surface area contributed by atoms with Crippen LogP contribution in [0, 0.1) is 10.1 Å². The normalized spacial score (nSPS) is 12.7. The van der Waals surface area contributed by atoms with Crippen LogP contribution in [0.3, 0.4) is 0 Å². The molecule has 1 amide bonds. The summed E-state index contributed by atoms with van der Waals surface area (Å²) in [7, 11) is 0. The second-order valence-corrected chi connectivity index (χ2v) is 5.48. The summed E-state index contributed by atoms with van der Waals surface area (Å²) in [4.78, 5) is 26.1. The molecule has 0 aliphatic rings. The molecule has 0 saturated heterocycles. The number of thiazole rings is 1. The average molecular weight is 345 g/mol. The Hall–Kier alpha value is -2.49. The van der Waals surface area contributed by atoms with Gasteiger partial charge in [-0.05, 0) is 19.1 Å². The number of carbonyl (C=O) groups is 1. The number of nitrogens with one attached hydrogen (secondary N) is 1. The Morgan fingerprint density at radius 2 is 2.13 bits per heavy atom. The zero-order valence-corrected chi connectivity index (χ0v) is 12.4. The molecule has 0 aliphatic heterocycles. The molecular weight excluding hydrogens is 335 g/mol. The Bertz CT molecular complexity index is 732. The Labute approximate surface area is 132 Å². The van der Waals surface area contributed by atoms with Crippen molar-refractivity contribution in [3.8, 4) is 0 Å². The summed E-state index contributed by atoms with van der Waals surface area (Å²) in [6.07, 6.45) is -3.20. The molecule has 1 heterocycles. The predicted octanol–water partition coefficient (Wildman–Crippen LogP) is 3.56. The molecule has 6 nitrogen and oxygen atoms in total. The van der Waals surface area contributed by atoms with Gasteiger partial charge in [0.1, 0.15) is 10.6 Å². The third kappa shape index (κ3) is 3.83. The molecule has 0 bridgehead atoms. The highest BCUT2D eigenvalue weighted by molar-refractivity contribution is 7.09. The summed E-state index contributed by atoms with van der Waals surface area (Å²) in [5.41, 5.74) is -2.52. The molecule has 1 aromatic carbocycles. The predicted molar refractivity (Wildman–Crippen MR) is 76.1 cm³/mol. The van der Waals surface area contributed by atoms with Crippen molar-refractivity contribution in [3.05, 3.63) is 56.0 Å². The van der Waals surface area contributed by atoms with Gasteiger partial charge in [0, 0.05) is 17.6 Å². The van der Waals surface area contributed by atoms with E-state index in [1.54, 1.807) is 12.3 Å². The van der Waals surface area contributed by atoms with Gasteiger partial charge in [-0.3, -0.25) is 14.9 Å². The van der Waals surface area contributed by atoms with Gasteiger partial charge in [-0.15, -0.1) is 11.3 Å². The topological polar surface area (TPSA) is 85.1 Å². The van der Waals surface area contributed by atoms with E-state index in [-0.39, 0.29) is 0 Å². The molecule has 122 valence electrons. The Morgan fingerprint density at radius 1 is 1.43 bits per heavy atom. The lowest BCUT2D eigenvalue weighted by Crippen LogP contribution is -2.27. The number of aromatic nitrogens is 1. The van der Waals surface area contributed by atoms with Crippen molar-refractivity contribution in [2.75, 3.05) is 0 Å². The first kappa shape index (κ1) is 16.9. The first-order valence-corrected chi connectivity index (χ1v) is 7.14. The number of halogens is 3. The molecule has 0 aliphatic carbocycles. The van der Waals surface area contributed by atoms with Gasteiger partial charge in [-0.1, -0.05) is 0 Å². The molecule has 0 unspecified atom stereocenters. The van der Waals surface area contributed by atoms with Crippen molar-refractivity contribution in [2.45, 2.75) is 19.1 Å². The van der Waals surface area contributed by atoms with Crippen molar-refractivity contribution in [1.29, 1.82) is 0 Å². The van der Waals surface area contributed by atoms with Crippen molar-refractivity contribution in [3.63, 3.8) is 0 Å². The third-order valence-electron chi connectivity index (χ3n) is 2.94. The SMILES string of the molecule is C[C@@H](NC(=O)c1ccc(C(F)(F)F)cc1[N+](=O)[O-])c1nccs1. The summed E-state index contributed by atoms with van der Waals surface area (Å²) in [6.45, 7) is 1.62. The van der Waals surface area contributed by atoms with Crippen LogP contribution in [-0.2, 0) is 6.18 Å². The van der Waals surface area contributed by atoms with Crippen LogP contribution in [0.1, 0.15) is 33.9 Å². The second-order valence-electron chi connectivity index (χ2n) is 4.55. The minimum Gasteiger partial charge on any atom is -0.343 e. The summed E-state index contributed by atoms with van der Waals surface area (Å²) < 4.78 is 37.9. The van der Waals surface area contributed by atoms with Crippen molar-refractivity contribution in [2.24, 2.45) is 0 Å². The quantitative estimate of drug-likeness (QED) is 0.678. The second kappa shape index (κ2) is 6.32. The molecule has 0 fully saturated rings. The standard InChI is InChI=1S/C13H10F3N3O3S/c1-7(12-17-4-5-23-12)18-11(20)9-3-2-8(13(14,15)16)6-10(9)19(21)22/h2-7H,1H3,(H,18,20)/t7-/m1/s1. The van der Waals surface area contributed by atoms with Gasteiger partial charge in [0.05, 0.1) is 16.5 Å². The Morgan fingerprint density at radius 3 is 2.65 bits per heavy atom. The molecule has 23 heavy (non-hydrogen) atoms. The number of rotatable bonds is 4. The molecule has 1 aromatic heterocycles. The highest BCUT2D eigenvalue weighted by Crippen LogP contribution is 2.33. The van der Waals surface area contributed by atoms with Crippen molar-refractivity contribution >= 4 is 22.9 Å². The third-order valence-corrected chi connectivity index (χ3v) is 3.89. The number of hydrogen-bond donors (Lipinski definition) is 1. The molecule has 1 atom stereocenters. The Kier molecular flexibility index (Phi) is 4.64. The molecule has 10 heteroatoms. The maximum absolute atomic E-state index is 12.6. The van der Waals surface area contributed by atoms with E-state index in [1.807, 2.05) is 0 Å². The van der Waals surface area contributed by atoms with Crippen LogP contribution in [0.15, 0.2) is 29.8 Å². The molecular formula is C13H10F3N3O3S. The minimum absolute atomic E-state index is 0.350. The number of carbonyl (C=O) groups excluding carboxylic acids is 1. The van der Waals surface area contributed by atoms with Crippen LogP contribution in [0.2, 0.25) is 0 Å². The van der Waals surface area contributed by atoms with Gasteiger partial charge in [0.2, 0.25) is 0 Å². The number of nitro benzene ring substituents is 1. The zero-order valence-electron chi connectivity index (χ0n) is 11.6. The lowest BCUT2D eigenvalue weighted by atomic mass is 10.1. The minimum atomic E-state index is -4.73. The lowest BCUT2D eigenvalue weighted by Gasteiger charge is -2.12. The highest BCUT2D eigenvalue weighted by Gasteiger charge is 2.34. The number of benzene rings is 1. The fraction of sp³-hybridized carbons (Fsp3) is 0.231. The van der Waals surface area contributed by atoms with Crippen LogP contribution in [-0.4, -0.2) is 15.8 Å². The fourth-order valence-corrected chi connectivity index (χ4v) is 2.48. The first-order chi connectivity index (χ1) is 10.7. The van der Waals surface area contributed by atoms with E-state index in [4.69, 9.17) is 0 Å². The number of hydrogen-bond acceptors (Lipinski definition) is 5. The van der Waals surface area contributed by atoms with E-state index >= 15 is 0 Å². The number of nitrogens with zero attached hydrogens (tertiary/aromatic N) is 2. The summed E-state index contributed by atoms with van der Waals surface area (Å²) in [5, 5.41) is 15.7. The maximum Gasteiger partial charge on any atom is 0.416 e. The van der Waals surface area contributed by atoms with Crippen LogP contribution in [0.4, 0.5) is 18.9 Å². The molecule has 2 rings (SSSR count). The number of nitro groups is 1. The molecule has 2 aromatic rings. The average Bonchev–Trinajstić information content (AvgIpc) is 2.99. The van der Waals surface area contributed by atoms with E-state index < -0.39 is 39.9 Å². The first-order valence-electron chi connectivity index (χ1n) is 6.26. The van der Waals surface area contributed by atoms with E-state index in [1.165, 1.54) is 17.5 Å². The summed E-state index contributed by atoms with van der Waals surface area (Å²) in [5.74, 6) is -0.840. The van der Waals surface area contributed by atoms with E-state index in [0.29, 0.717) is 17.1 Å². The van der Waals surface area contributed by atoms with E-state index in [9.17, 15) is 28.1 Å². The van der Waals surface area contributed by atoms with Crippen LogP contribution in [0.5, 0.6) is 0 Å². The van der Waals surface area contributed by atoms with Gasteiger partial charge in [-0.2, -0.15) is 13.2 Å². The van der Waals surface area contributed by atoms with Crippen LogP contribution in [0.25, 0.3) is 0 Å². The van der Waals surface area contributed by atoms with Gasteiger partial charge in [-0.25, -0.2) is 4.98 Å². The maximum atomic E-state index is 12.6. The van der Waals surface area contributed by atoms with Crippen molar-refractivity contribution in [1.82, 2.24) is 10.3 Å². The van der Waals surface area contributed by atoms with Gasteiger partial charge < -0.3 is 5.32 Å². The van der Waals surface area contributed by atoms with E-state index in [2.05, 4.69) is 10.3 Å². The fourth-order valence-electron chi connectivity index (χ4n) is 1.84. The van der Waals surface area contributed by atoms with Crippen molar-refractivity contribution < 1.29 is 22.9 Å². The number of alkyl halides is 3. The smallest absolute Gasteiger partial charge is 0.343 e. The van der Waals surface area contributed by atoms with Gasteiger partial charge in [0.25, 0.3) is 11.6 Å². The number of amides is 1. The summed E-state index contributed by atoms with van der Waals surface area (Å²) in [6, 6.07) is 1.26. The largest absolute Gasteiger partial charge is 0.416 e. The zero-order chi connectivity index (χ0) is 17.2.